The molecule has 0 atom stereocenters. The summed E-state index contributed by atoms with van der Waals surface area (Å²) in [5.74, 6) is -0.624. The molecule has 1 amide bonds. The summed E-state index contributed by atoms with van der Waals surface area (Å²) in [6.45, 7) is 4.00. The molecule has 1 aromatic carbocycles. The van der Waals surface area contributed by atoms with Crippen molar-refractivity contribution >= 4 is 29.1 Å². The lowest BCUT2D eigenvalue weighted by Gasteiger charge is -2.05. The van der Waals surface area contributed by atoms with Crippen molar-refractivity contribution in [3.63, 3.8) is 0 Å². The summed E-state index contributed by atoms with van der Waals surface area (Å²) < 4.78 is 8.68. The molecule has 0 aliphatic rings. The monoisotopic (exact) mass is 305 g/mol. The van der Waals surface area contributed by atoms with Gasteiger partial charge < -0.3 is 10.1 Å². The van der Waals surface area contributed by atoms with Crippen LogP contribution in [0.2, 0.25) is 0 Å². The van der Waals surface area contributed by atoms with Crippen molar-refractivity contribution in [2.45, 2.75) is 20.3 Å². The number of amides is 1. The first-order valence-electron chi connectivity index (χ1n) is 6.55. The van der Waals surface area contributed by atoms with Crippen LogP contribution in [0.4, 0.5) is 5.69 Å². The van der Waals surface area contributed by atoms with Gasteiger partial charge >= 0.3 is 5.97 Å². The molecule has 21 heavy (non-hydrogen) atoms. The first-order chi connectivity index (χ1) is 10.2. The molecule has 0 bridgehead atoms. The van der Waals surface area contributed by atoms with Crippen LogP contribution in [0.3, 0.4) is 0 Å². The molecule has 2 rings (SSSR count). The van der Waals surface area contributed by atoms with Gasteiger partial charge in [0.25, 0.3) is 5.91 Å². The lowest BCUT2D eigenvalue weighted by Crippen LogP contribution is -2.12. The first-order valence-corrected chi connectivity index (χ1v) is 7.32. The van der Waals surface area contributed by atoms with Crippen molar-refractivity contribution in [1.29, 1.82) is 0 Å². The molecule has 0 spiro atoms. The third kappa shape index (κ3) is 3.63. The van der Waals surface area contributed by atoms with Gasteiger partial charge in [0.15, 0.2) is 0 Å². The van der Waals surface area contributed by atoms with E-state index >= 15 is 0 Å². The molecule has 6 nitrogen and oxygen atoms in total. The van der Waals surface area contributed by atoms with E-state index in [1.807, 2.05) is 6.92 Å². The molecule has 0 unspecified atom stereocenters. The van der Waals surface area contributed by atoms with Crippen LogP contribution < -0.4 is 5.32 Å². The summed E-state index contributed by atoms with van der Waals surface area (Å²) in [6, 6.07) is 6.53. The van der Waals surface area contributed by atoms with Gasteiger partial charge in [-0.15, -0.1) is 5.10 Å². The largest absolute Gasteiger partial charge is 0.462 e. The van der Waals surface area contributed by atoms with Gasteiger partial charge in [0.1, 0.15) is 4.88 Å². The van der Waals surface area contributed by atoms with Gasteiger partial charge in [-0.2, -0.15) is 0 Å². The normalized spacial score (nSPS) is 10.2. The molecular weight excluding hydrogens is 290 g/mol. The van der Waals surface area contributed by atoms with Gasteiger partial charge in [-0.05, 0) is 49.1 Å². The molecule has 7 heteroatoms. The van der Waals surface area contributed by atoms with E-state index in [9.17, 15) is 9.59 Å². The molecule has 2 aromatic rings. The number of nitrogens with zero attached hydrogens (tertiary/aromatic N) is 2. The first kappa shape index (κ1) is 15.1. The quantitative estimate of drug-likeness (QED) is 0.858. The van der Waals surface area contributed by atoms with Crippen molar-refractivity contribution in [2.75, 3.05) is 11.9 Å². The maximum atomic E-state index is 12.1. The zero-order chi connectivity index (χ0) is 15.2. The third-order valence-corrected chi connectivity index (χ3v) is 3.52. The number of aryl methyl sites for hydroxylation is 1. The van der Waals surface area contributed by atoms with Crippen LogP contribution in [-0.2, 0) is 11.2 Å². The van der Waals surface area contributed by atoms with E-state index in [-0.39, 0.29) is 11.9 Å². The zero-order valence-corrected chi connectivity index (χ0v) is 12.6. The molecule has 0 saturated heterocycles. The van der Waals surface area contributed by atoms with Crippen LogP contribution in [0, 0.1) is 0 Å². The molecule has 110 valence electrons. The van der Waals surface area contributed by atoms with Gasteiger partial charge in [-0.1, -0.05) is 11.4 Å². The Hall–Kier alpha value is -2.28. The predicted octanol–water partition coefficient (Wildman–Crippen LogP) is 2.53. The second-order valence-corrected chi connectivity index (χ2v) is 4.91. The molecule has 0 fully saturated rings. The van der Waals surface area contributed by atoms with E-state index in [0.717, 1.165) is 11.5 Å². The predicted molar refractivity (Wildman–Crippen MR) is 79.6 cm³/mol. The topological polar surface area (TPSA) is 81.2 Å². The number of aromatic nitrogens is 2. The fourth-order valence-corrected chi connectivity index (χ4v) is 2.35. The standard InChI is InChI=1S/C14H15N3O3S/c1-3-11-12(21-17-16-11)13(18)15-10-7-5-9(6-8-10)14(19)20-4-2/h5-8H,3-4H2,1-2H3,(H,15,18). The Morgan fingerprint density at radius 1 is 1.24 bits per heavy atom. The van der Waals surface area contributed by atoms with Crippen LogP contribution in [0.15, 0.2) is 24.3 Å². The zero-order valence-electron chi connectivity index (χ0n) is 11.8. The molecule has 1 heterocycles. The minimum atomic E-state index is -0.379. The van der Waals surface area contributed by atoms with E-state index in [1.54, 1.807) is 31.2 Å². The highest BCUT2D eigenvalue weighted by molar-refractivity contribution is 7.08. The van der Waals surface area contributed by atoms with Crippen molar-refractivity contribution in [3.05, 3.63) is 40.4 Å². The fourth-order valence-electron chi connectivity index (χ4n) is 1.70. The molecule has 1 N–H and O–H groups in total. The number of rotatable bonds is 5. The van der Waals surface area contributed by atoms with Crippen LogP contribution in [0.5, 0.6) is 0 Å². The molecular formula is C14H15N3O3S. The van der Waals surface area contributed by atoms with E-state index in [2.05, 4.69) is 14.9 Å². The maximum Gasteiger partial charge on any atom is 0.338 e. The highest BCUT2D eigenvalue weighted by Crippen LogP contribution is 2.16. The van der Waals surface area contributed by atoms with E-state index < -0.39 is 0 Å². The van der Waals surface area contributed by atoms with Gasteiger partial charge in [-0.3, -0.25) is 4.79 Å². The number of esters is 1. The van der Waals surface area contributed by atoms with Gasteiger partial charge in [-0.25, -0.2) is 4.79 Å². The number of carbonyl (C=O) groups excluding carboxylic acids is 2. The number of hydrogen-bond donors (Lipinski definition) is 1. The second kappa shape index (κ2) is 6.94. The summed E-state index contributed by atoms with van der Waals surface area (Å²) in [4.78, 5) is 24.1. The van der Waals surface area contributed by atoms with Crippen molar-refractivity contribution in [3.8, 4) is 0 Å². The van der Waals surface area contributed by atoms with Gasteiger partial charge in [0.05, 0.1) is 17.9 Å². The SMILES string of the molecule is CCOC(=O)c1ccc(NC(=O)c2snnc2CC)cc1. The molecule has 0 saturated carbocycles. The van der Waals surface area contributed by atoms with Crippen LogP contribution in [0.25, 0.3) is 0 Å². The summed E-state index contributed by atoms with van der Waals surface area (Å²) in [5, 5.41) is 6.66. The molecule has 0 radical (unpaired) electrons. The van der Waals surface area contributed by atoms with Crippen LogP contribution >= 0.6 is 11.5 Å². The highest BCUT2D eigenvalue weighted by atomic mass is 32.1. The number of carbonyl (C=O) groups is 2. The van der Waals surface area contributed by atoms with Crippen LogP contribution in [-0.4, -0.2) is 28.1 Å². The number of ether oxygens (including phenoxy) is 1. The fraction of sp³-hybridized carbons (Fsp3) is 0.286. The Bertz CT molecular complexity index is 637. The lowest BCUT2D eigenvalue weighted by molar-refractivity contribution is 0.0526. The summed E-state index contributed by atoms with van der Waals surface area (Å²) in [6.07, 6.45) is 0.654. The number of benzene rings is 1. The molecule has 0 aliphatic heterocycles. The maximum absolute atomic E-state index is 12.1. The summed E-state index contributed by atoms with van der Waals surface area (Å²) in [5.41, 5.74) is 1.73. The Labute approximate surface area is 126 Å². The molecule has 1 aromatic heterocycles. The Morgan fingerprint density at radius 3 is 2.57 bits per heavy atom. The average Bonchev–Trinajstić information content (AvgIpc) is 2.97. The lowest BCUT2D eigenvalue weighted by atomic mass is 10.2. The van der Waals surface area contributed by atoms with E-state index in [0.29, 0.717) is 34.8 Å². The molecule has 0 aliphatic carbocycles. The van der Waals surface area contributed by atoms with Crippen molar-refractivity contribution in [1.82, 2.24) is 9.59 Å². The minimum absolute atomic E-state index is 0.245. The van der Waals surface area contributed by atoms with Gasteiger partial charge in [0, 0.05) is 5.69 Å². The van der Waals surface area contributed by atoms with E-state index in [1.165, 1.54) is 0 Å². The van der Waals surface area contributed by atoms with Crippen molar-refractivity contribution < 1.29 is 14.3 Å². The number of nitrogens with one attached hydrogen (secondary N) is 1. The summed E-state index contributed by atoms with van der Waals surface area (Å²) >= 11 is 1.07. The Kier molecular flexibility index (Phi) is 4.99. The van der Waals surface area contributed by atoms with Gasteiger partial charge in [0.2, 0.25) is 0 Å². The summed E-state index contributed by atoms with van der Waals surface area (Å²) in [7, 11) is 0. The van der Waals surface area contributed by atoms with E-state index in [4.69, 9.17) is 4.74 Å². The Balaban J connectivity index is 2.07. The average molecular weight is 305 g/mol. The highest BCUT2D eigenvalue weighted by Gasteiger charge is 2.15. The number of hydrogen-bond acceptors (Lipinski definition) is 6. The second-order valence-electron chi connectivity index (χ2n) is 4.15. The number of anilines is 1. The smallest absolute Gasteiger partial charge is 0.338 e. The minimum Gasteiger partial charge on any atom is -0.462 e. The van der Waals surface area contributed by atoms with Crippen molar-refractivity contribution in [2.24, 2.45) is 0 Å². The Morgan fingerprint density at radius 2 is 1.95 bits per heavy atom. The third-order valence-electron chi connectivity index (χ3n) is 2.75. The van der Waals surface area contributed by atoms with Crippen LogP contribution in [0.1, 0.15) is 39.6 Å².